The van der Waals surface area contributed by atoms with E-state index in [0.717, 1.165) is 18.5 Å². The predicted molar refractivity (Wildman–Crippen MR) is 83.3 cm³/mol. The Morgan fingerprint density at radius 2 is 2.05 bits per heavy atom. The smallest absolute Gasteiger partial charge is 0.0975 e. The van der Waals surface area contributed by atoms with Gasteiger partial charge in [0.15, 0.2) is 0 Å². The molecule has 21 heavy (non-hydrogen) atoms. The number of hydrogen-bond acceptors (Lipinski definition) is 4. The molecule has 0 saturated carbocycles. The lowest BCUT2D eigenvalue weighted by molar-refractivity contribution is 0.155. The quantitative estimate of drug-likeness (QED) is 0.851. The second kappa shape index (κ2) is 7.54. The topological polar surface area (TPSA) is 54.2 Å². The van der Waals surface area contributed by atoms with Crippen LogP contribution in [0.1, 0.15) is 23.8 Å². The molecule has 0 bridgehead atoms. The summed E-state index contributed by atoms with van der Waals surface area (Å²) in [5.41, 5.74) is 1.85. The van der Waals surface area contributed by atoms with E-state index in [1.54, 1.807) is 23.3 Å². The van der Waals surface area contributed by atoms with Gasteiger partial charge in [0.2, 0.25) is 0 Å². The Kier molecular flexibility index (Phi) is 5.73. The second-order valence-corrected chi connectivity index (χ2v) is 5.72. The molecule has 114 valence electrons. The van der Waals surface area contributed by atoms with Crippen molar-refractivity contribution in [1.82, 2.24) is 19.7 Å². The molecule has 0 aliphatic rings. The average molecular weight is 309 g/mol. The van der Waals surface area contributed by atoms with Gasteiger partial charge in [-0.2, -0.15) is 5.10 Å². The summed E-state index contributed by atoms with van der Waals surface area (Å²) < 4.78 is 1.79. The van der Waals surface area contributed by atoms with Crippen molar-refractivity contribution in [3.63, 3.8) is 0 Å². The van der Waals surface area contributed by atoms with Gasteiger partial charge in [-0.05, 0) is 44.6 Å². The molecule has 0 radical (unpaired) electrons. The van der Waals surface area contributed by atoms with Gasteiger partial charge in [0, 0.05) is 18.9 Å². The van der Waals surface area contributed by atoms with E-state index in [0.29, 0.717) is 23.7 Å². The van der Waals surface area contributed by atoms with Crippen molar-refractivity contribution in [1.29, 1.82) is 0 Å². The van der Waals surface area contributed by atoms with E-state index >= 15 is 0 Å². The third-order valence-corrected chi connectivity index (χ3v) is 3.65. The highest BCUT2D eigenvalue weighted by Gasteiger charge is 2.18. The van der Waals surface area contributed by atoms with Crippen LogP contribution in [0.15, 0.2) is 30.7 Å². The van der Waals surface area contributed by atoms with E-state index in [2.05, 4.69) is 15.0 Å². The van der Waals surface area contributed by atoms with Crippen LogP contribution in [0.4, 0.5) is 0 Å². The largest absolute Gasteiger partial charge is 0.387 e. The van der Waals surface area contributed by atoms with Gasteiger partial charge in [0.1, 0.15) is 0 Å². The number of likely N-dealkylation sites (N-methyl/N-ethyl adjacent to an activating group) is 1. The molecule has 2 aromatic rings. The summed E-state index contributed by atoms with van der Waals surface area (Å²) in [6.07, 6.45) is 5.89. The van der Waals surface area contributed by atoms with Gasteiger partial charge in [-0.1, -0.05) is 11.6 Å². The molecular formula is C15H21ClN4O. The molecule has 0 aliphatic carbocycles. The van der Waals surface area contributed by atoms with Gasteiger partial charge in [0.05, 0.1) is 29.6 Å². The van der Waals surface area contributed by atoms with Crippen LogP contribution in [0.5, 0.6) is 0 Å². The molecule has 0 amide bonds. The lowest BCUT2D eigenvalue weighted by atomic mass is 10.1. The van der Waals surface area contributed by atoms with Crippen LogP contribution in [0.3, 0.4) is 0 Å². The molecule has 2 rings (SSSR count). The van der Waals surface area contributed by atoms with Crippen molar-refractivity contribution in [2.45, 2.75) is 25.5 Å². The van der Waals surface area contributed by atoms with Gasteiger partial charge < -0.3 is 10.0 Å². The first-order chi connectivity index (χ1) is 10.1. The SMILES string of the molecule is CN(C)CCn1ncc(Cl)c1C(O)CCc1ccncc1. The number of pyridine rings is 1. The maximum Gasteiger partial charge on any atom is 0.0975 e. The Morgan fingerprint density at radius 3 is 2.71 bits per heavy atom. The Labute approximate surface area is 130 Å². The monoisotopic (exact) mass is 308 g/mol. The van der Waals surface area contributed by atoms with Crippen LogP contribution >= 0.6 is 11.6 Å². The number of aliphatic hydroxyl groups is 1. The van der Waals surface area contributed by atoms with E-state index < -0.39 is 6.10 Å². The Hall–Kier alpha value is -1.43. The molecule has 6 heteroatoms. The molecule has 0 saturated heterocycles. The molecule has 1 N–H and O–H groups in total. The van der Waals surface area contributed by atoms with Crippen LogP contribution < -0.4 is 0 Å². The predicted octanol–water partition coefficient (Wildman–Crippen LogP) is 2.16. The highest BCUT2D eigenvalue weighted by Crippen LogP contribution is 2.26. The first-order valence-electron chi connectivity index (χ1n) is 7.01. The minimum atomic E-state index is -0.615. The maximum absolute atomic E-state index is 10.4. The van der Waals surface area contributed by atoms with Crippen LogP contribution in [0.25, 0.3) is 0 Å². The maximum atomic E-state index is 10.4. The van der Waals surface area contributed by atoms with Crippen LogP contribution in [0, 0.1) is 0 Å². The number of hydrogen-bond donors (Lipinski definition) is 1. The first-order valence-corrected chi connectivity index (χ1v) is 7.38. The molecule has 2 heterocycles. The zero-order valence-corrected chi connectivity index (χ0v) is 13.2. The highest BCUT2D eigenvalue weighted by atomic mass is 35.5. The molecule has 0 aliphatic heterocycles. The second-order valence-electron chi connectivity index (χ2n) is 5.31. The summed E-state index contributed by atoms with van der Waals surface area (Å²) in [7, 11) is 4.01. The number of rotatable bonds is 7. The Bertz CT molecular complexity index is 556. The van der Waals surface area contributed by atoms with Gasteiger partial charge in [-0.3, -0.25) is 9.67 Å². The van der Waals surface area contributed by atoms with Crippen LogP contribution in [0.2, 0.25) is 5.02 Å². The van der Waals surface area contributed by atoms with E-state index in [4.69, 9.17) is 11.6 Å². The summed E-state index contributed by atoms with van der Waals surface area (Å²) in [4.78, 5) is 6.06. The summed E-state index contributed by atoms with van der Waals surface area (Å²) in [6.45, 7) is 1.56. The molecule has 2 aromatic heterocycles. The Balaban J connectivity index is 2.01. The fourth-order valence-electron chi connectivity index (χ4n) is 2.17. The molecule has 1 unspecified atom stereocenters. The van der Waals surface area contributed by atoms with Crippen LogP contribution in [-0.4, -0.2) is 45.4 Å². The highest BCUT2D eigenvalue weighted by molar-refractivity contribution is 6.31. The molecule has 5 nitrogen and oxygen atoms in total. The zero-order chi connectivity index (χ0) is 15.2. The van der Waals surface area contributed by atoms with Gasteiger partial charge >= 0.3 is 0 Å². The standard InChI is InChI=1S/C15H21ClN4O/c1-19(2)9-10-20-15(13(16)11-18-20)14(21)4-3-12-5-7-17-8-6-12/h5-8,11,14,21H,3-4,9-10H2,1-2H3. The van der Waals surface area contributed by atoms with Crippen molar-refractivity contribution in [3.8, 4) is 0 Å². The third kappa shape index (κ3) is 4.52. The number of aliphatic hydroxyl groups excluding tert-OH is 1. The normalized spacial score (nSPS) is 12.8. The van der Waals surface area contributed by atoms with Crippen molar-refractivity contribution < 1.29 is 5.11 Å². The Morgan fingerprint density at radius 1 is 1.33 bits per heavy atom. The van der Waals surface area contributed by atoms with E-state index in [9.17, 15) is 5.11 Å². The summed E-state index contributed by atoms with van der Waals surface area (Å²) in [5.74, 6) is 0. The minimum Gasteiger partial charge on any atom is -0.387 e. The van der Waals surface area contributed by atoms with E-state index in [1.807, 2.05) is 26.2 Å². The summed E-state index contributed by atoms with van der Waals surface area (Å²) in [6, 6.07) is 3.91. The van der Waals surface area contributed by atoms with E-state index in [1.165, 1.54) is 0 Å². The molecule has 1 atom stereocenters. The van der Waals surface area contributed by atoms with Gasteiger partial charge in [0.25, 0.3) is 0 Å². The van der Waals surface area contributed by atoms with Crippen molar-refractivity contribution in [2.24, 2.45) is 0 Å². The lowest BCUT2D eigenvalue weighted by Crippen LogP contribution is -2.21. The fourth-order valence-corrected chi connectivity index (χ4v) is 2.43. The fraction of sp³-hybridized carbons (Fsp3) is 0.467. The first kappa shape index (κ1) is 15.9. The number of aromatic nitrogens is 3. The third-order valence-electron chi connectivity index (χ3n) is 3.36. The van der Waals surface area contributed by atoms with Crippen LogP contribution in [-0.2, 0) is 13.0 Å². The summed E-state index contributed by atoms with van der Waals surface area (Å²) >= 11 is 6.17. The van der Waals surface area contributed by atoms with Gasteiger partial charge in [-0.25, -0.2) is 0 Å². The molecular weight excluding hydrogens is 288 g/mol. The number of halogens is 1. The lowest BCUT2D eigenvalue weighted by Gasteiger charge is -2.16. The molecule has 0 aromatic carbocycles. The minimum absolute atomic E-state index is 0.524. The van der Waals surface area contributed by atoms with Crippen molar-refractivity contribution in [3.05, 3.63) is 47.0 Å². The number of nitrogens with zero attached hydrogens (tertiary/aromatic N) is 4. The number of aryl methyl sites for hydroxylation is 1. The van der Waals surface area contributed by atoms with Crippen molar-refractivity contribution in [2.75, 3.05) is 20.6 Å². The van der Waals surface area contributed by atoms with E-state index in [-0.39, 0.29) is 0 Å². The molecule has 0 fully saturated rings. The average Bonchev–Trinajstić information content (AvgIpc) is 2.85. The molecule has 0 spiro atoms. The zero-order valence-electron chi connectivity index (χ0n) is 12.4. The van der Waals surface area contributed by atoms with Crippen molar-refractivity contribution >= 4 is 11.6 Å². The summed E-state index contributed by atoms with van der Waals surface area (Å²) in [5, 5.41) is 15.2. The van der Waals surface area contributed by atoms with Gasteiger partial charge in [-0.15, -0.1) is 0 Å².